The number of aromatic nitrogens is 1. The first-order chi connectivity index (χ1) is 8.11. The summed E-state index contributed by atoms with van der Waals surface area (Å²) in [4.78, 5) is 26.2. The van der Waals surface area contributed by atoms with Gasteiger partial charge >= 0.3 is 0 Å². The molecule has 1 unspecified atom stereocenters. The maximum atomic E-state index is 13.6. The quantitative estimate of drug-likeness (QED) is 0.513. The van der Waals surface area contributed by atoms with Crippen molar-refractivity contribution < 1.29 is 14.0 Å². The minimum Gasteiger partial charge on any atom is -0.296 e. The first-order valence-corrected chi connectivity index (χ1v) is 6.28. The standard InChI is InChI=1S/C11H10BrFN2O2/c12-4-6-3-8(10(13)14-5-6)7-1-2-9(16)15-11(7)17/h3,5,7H,1-2,4H2,(H,15,16,17). The summed E-state index contributed by atoms with van der Waals surface area (Å²) in [5, 5.41) is 2.75. The molecule has 1 atom stereocenters. The highest BCUT2D eigenvalue weighted by Gasteiger charge is 2.30. The molecule has 0 bridgehead atoms. The summed E-state index contributed by atoms with van der Waals surface area (Å²) in [6, 6.07) is 1.61. The molecule has 0 aliphatic carbocycles. The van der Waals surface area contributed by atoms with E-state index in [-0.39, 0.29) is 17.9 Å². The molecule has 1 N–H and O–H groups in total. The van der Waals surface area contributed by atoms with E-state index in [4.69, 9.17) is 0 Å². The van der Waals surface area contributed by atoms with Gasteiger partial charge in [0.25, 0.3) is 0 Å². The zero-order valence-electron chi connectivity index (χ0n) is 8.87. The lowest BCUT2D eigenvalue weighted by atomic mass is 9.91. The number of hydrogen-bond donors (Lipinski definition) is 1. The summed E-state index contributed by atoms with van der Waals surface area (Å²) in [5.41, 5.74) is 1.05. The summed E-state index contributed by atoms with van der Waals surface area (Å²) < 4.78 is 13.6. The highest BCUT2D eigenvalue weighted by atomic mass is 79.9. The van der Waals surface area contributed by atoms with Crippen molar-refractivity contribution in [3.63, 3.8) is 0 Å². The van der Waals surface area contributed by atoms with Crippen molar-refractivity contribution in [1.29, 1.82) is 0 Å². The number of hydrogen-bond acceptors (Lipinski definition) is 3. The Morgan fingerprint density at radius 3 is 2.94 bits per heavy atom. The van der Waals surface area contributed by atoms with Crippen LogP contribution in [0, 0.1) is 5.95 Å². The van der Waals surface area contributed by atoms with Crippen molar-refractivity contribution in [2.75, 3.05) is 0 Å². The van der Waals surface area contributed by atoms with Crippen LogP contribution in [-0.2, 0) is 14.9 Å². The first kappa shape index (κ1) is 12.2. The Hall–Kier alpha value is -1.30. The van der Waals surface area contributed by atoms with Crippen LogP contribution in [0.2, 0.25) is 0 Å². The fraction of sp³-hybridized carbons (Fsp3) is 0.364. The van der Waals surface area contributed by atoms with Crippen molar-refractivity contribution in [3.05, 3.63) is 29.3 Å². The van der Waals surface area contributed by atoms with Crippen molar-refractivity contribution in [2.24, 2.45) is 0 Å². The van der Waals surface area contributed by atoms with E-state index >= 15 is 0 Å². The van der Waals surface area contributed by atoms with Crippen LogP contribution in [0.25, 0.3) is 0 Å². The van der Waals surface area contributed by atoms with Gasteiger partial charge in [0, 0.05) is 23.5 Å². The van der Waals surface area contributed by atoms with Crippen LogP contribution in [0.3, 0.4) is 0 Å². The van der Waals surface area contributed by atoms with Crippen molar-refractivity contribution in [3.8, 4) is 0 Å². The number of amides is 2. The molecule has 1 aromatic rings. The van der Waals surface area contributed by atoms with E-state index in [9.17, 15) is 14.0 Å². The topological polar surface area (TPSA) is 59.1 Å². The average Bonchev–Trinajstić information content (AvgIpc) is 2.30. The van der Waals surface area contributed by atoms with Crippen LogP contribution in [-0.4, -0.2) is 16.8 Å². The predicted molar refractivity (Wildman–Crippen MR) is 62.0 cm³/mol. The van der Waals surface area contributed by atoms with E-state index in [1.165, 1.54) is 6.20 Å². The number of halogens is 2. The van der Waals surface area contributed by atoms with E-state index in [1.807, 2.05) is 0 Å². The predicted octanol–water partition coefficient (Wildman–Crippen LogP) is 1.64. The Bertz CT molecular complexity index is 479. The average molecular weight is 301 g/mol. The van der Waals surface area contributed by atoms with Crippen LogP contribution >= 0.6 is 15.9 Å². The fourth-order valence-electron chi connectivity index (χ4n) is 1.82. The van der Waals surface area contributed by atoms with Gasteiger partial charge in [0.1, 0.15) is 0 Å². The number of rotatable bonds is 2. The lowest BCUT2D eigenvalue weighted by molar-refractivity contribution is -0.134. The molecule has 1 aromatic heterocycles. The summed E-state index contributed by atoms with van der Waals surface area (Å²) in [7, 11) is 0. The van der Waals surface area contributed by atoms with Gasteiger partial charge in [-0.2, -0.15) is 4.39 Å². The Kier molecular flexibility index (Phi) is 3.51. The zero-order chi connectivity index (χ0) is 12.4. The zero-order valence-corrected chi connectivity index (χ0v) is 10.5. The minimum atomic E-state index is -0.649. The third kappa shape index (κ3) is 2.52. The Labute approximate surface area is 106 Å². The van der Waals surface area contributed by atoms with Crippen LogP contribution < -0.4 is 5.32 Å². The Morgan fingerprint density at radius 1 is 1.53 bits per heavy atom. The highest BCUT2D eigenvalue weighted by Crippen LogP contribution is 2.27. The second-order valence-electron chi connectivity index (χ2n) is 3.86. The molecule has 2 heterocycles. The lowest BCUT2D eigenvalue weighted by Gasteiger charge is -2.21. The van der Waals surface area contributed by atoms with Gasteiger partial charge in [0.15, 0.2) is 0 Å². The third-order valence-corrected chi connectivity index (χ3v) is 3.34. The van der Waals surface area contributed by atoms with Crippen LogP contribution in [0.5, 0.6) is 0 Å². The van der Waals surface area contributed by atoms with Gasteiger partial charge in [-0.25, -0.2) is 4.98 Å². The molecule has 17 heavy (non-hydrogen) atoms. The summed E-state index contributed by atoms with van der Waals surface area (Å²) in [6.45, 7) is 0. The Balaban J connectivity index is 2.33. The first-order valence-electron chi connectivity index (χ1n) is 5.16. The van der Waals surface area contributed by atoms with Crippen molar-refractivity contribution >= 4 is 27.7 Å². The van der Waals surface area contributed by atoms with Crippen LogP contribution in [0.4, 0.5) is 4.39 Å². The monoisotopic (exact) mass is 300 g/mol. The fourth-order valence-corrected chi connectivity index (χ4v) is 2.13. The molecule has 1 aliphatic heterocycles. The van der Waals surface area contributed by atoms with Gasteiger partial charge in [-0.1, -0.05) is 15.9 Å². The van der Waals surface area contributed by atoms with Crippen molar-refractivity contribution in [2.45, 2.75) is 24.1 Å². The largest absolute Gasteiger partial charge is 0.296 e. The molecule has 0 aromatic carbocycles. The molecule has 6 heteroatoms. The second-order valence-corrected chi connectivity index (χ2v) is 4.42. The van der Waals surface area contributed by atoms with Gasteiger partial charge in [-0.3, -0.25) is 14.9 Å². The van der Waals surface area contributed by atoms with E-state index < -0.39 is 17.8 Å². The molecule has 2 rings (SSSR count). The molecule has 0 radical (unpaired) electrons. The van der Waals surface area contributed by atoms with E-state index in [0.717, 1.165) is 5.56 Å². The molecular weight excluding hydrogens is 291 g/mol. The summed E-state index contributed by atoms with van der Waals surface area (Å²) >= 11 is 3.25. The van der Waals surface area contributed by atoms with Gasteiger partial charge in [0.2, 0.25) is 17.8 Å². The number of piperidine rings is 1. The van der Waals surface area contributed by atoms with Gasteiger partial charge < -0.3 is 0 Å². The number of pyridine rings is 1. The lowest BCUT2D eigenvalue weighted by Crippen LogP contribution is -2.39. The molecule has 0 spiro atoms. The van der Waals surface area contributed by atoms with Crippen molar-refractivity contribution in [1.82, 2.24) is 10.3 Å². The maximum Gasteiger partial charge on any atom is 0.234 e. The van der Waals surface area contributed by atoms with Crippen LogP contribution in [0.15, 0.2) is 12.3 Å². The number of imide groups is 1. The molecule has 4 nitrogen and oxygen atoms in total. The summed E-state index contributed by atoms with van der Waals surface area (Å²) in [5.74, 6) is -2.03. The maximum absolute atomic E-state index is 13.6. The molecule has 1 aliphatic rings. The Morgan fingerprint density at radius 2 is 2.29 bits per heavy atom. The minimum absolute atomic E-state index is 0.231. The van der Waals surface area contributed by atoms with Gasteiger partial charge in [0.05, 0.1) is 5.92 Å². The number of alkyl halides is 1. The molecule has 90 valence electrons. The van der Waals surface area contributed by atoms with E-state index in [0.29, 0.717) is 11.8 Å². The smallest absolute Gasteiger partial charge is 0.234 e. The highest BCUT2D eigenvalue weighted by molar-refractivity contribution is 9.08. The molecule has 2 amide bonds. The number of carbonyl (C=O) groups excluding carboxylic acids is 2. The SMILES string of the molecule is O=C1CCC(c2cc(CBr)cnc2F)C(=O)N1. The molecule has 1 saturated heterocycles. The molecule has 0 saturated carbocycles. The second kappa shape index (κ2) is 4.91. The molecular formula is C11H10BrFN2O2. The molecule has 1 fully saturated rings. The van der Waals surface area contributed by atoms with Gasteiger partial charge in [-0.05, 0) is 18.1 Å². The number of carbonyl (C=O) groups is 2. The summed E-state index contributed by atoms with van der Waals surface area (Å²) in [6.07, 6.45) is 1.98. The van der Waals surface area contributed by atoms with Crippen LogP contribution in [0.1, 0.15) is 29.9 Å². The van der Waals surface area contributed by atoms with E-state index in [1.54, 1.807) is 6.07 Å². The number of nitrogens with one attached hydrogen (secondary N) is 1. The normalized spacial score (nSPS) is 20.2. The van der Waals surface area contributed by atoms with E-state index in [2.05, 4.69) is 26.2 Å². The van der Waals surface area contributed by atoms with Gasteiger partial charge in [-0.15, -0.1) is 0 Å². The number of nitrogens with zero attached hydrogens (tertiary/aromatic N) is 1. The third-order valence-electron chi connectivity index (χ3n) is 2.69.